The Morgan fingerprint density at radius 2 is 2.06 bits per heavy atom. The Morgan fingerprint density at radius 3 is 2.69 bits per heavy atom. The van der Waals surface area contributed by atoms with Crippen LogP contribution < -0.4 is 0 Å². The Kier molecular flexibility index (Phi) is 3.28. The highest BCUT2D eigenvalue weighted by Gasteiger charge is 2.05. The third kappa shape index (κ3) is 2.42. The summed E-state index contributed by atoms with van der Waals surface area (Å²) in [6.45, 7) is 4.62. The number of aromatic nitrogens is 2. The van der Waals surface area contributed by atoms with E-state index in [1.54, 1.807) is 12.1 Å². The zero-order valence-corrected chi connectivity index (χ0v) is 11.3. The van der Waals surface area contributed by atoms with Crippen molar-refractivity contribution in [3.8, 4) is 0 Å². The van der Waals surface area contributed by atoms with Crippen LogP contribution in [0.15, 0.2) is 24.4 Å². The fourth-order valence-corrected chi connectivity index (χ4v) is 1.98. The highest BCUT2D eigenvalue weighted by Crippen LogP contribution is 2.14. The lowest BCUT2D eigenvalue weighted by Gasteiger charge is -2.05. The molecule has 0 amide bonds. The second kappa shape index (κ2) is 4.53. The standard InChI is InChI=1S/C12H12FIN2/c1-8-3-4-11(13)5-10(8)7-16-6-9(2)12(14)15-16/h3-6H,7H2,1-2H3. The van der Waals surface area contributed by atoms with Crippen LogP contribution in [0.4, 0.5) is 4.39 Å². The van der Waals surface area contributed by atoms with Crippen LogP contribution in [0.2, 0.25) is 0 Å². The first-order valence-electron chi connectivity index (χ1n) is 5.01. The minimum atomic E-state index is -0.195. The van der Waals surface area contributed by atoms with Crippen molar-refractivity contribution >= 4 is 22.6 Å². The number of benzene rings is 1. The van der Waals surface area contributed by atoms with Crippen LogP contribution in [0.1, 0.15) is 16.7 Å². The molecular formula is C12H12FIN2. The Hall–Kier alpha value is -0.910. The van der Waals surface area contributed by atoms with Crippen molar-refractivity contribution in [2.45, 2.75) is 20.4 Å². The maximum absolute atomic E-state index is 13.1. The van der Waals surface area contributed by atoms with Crippen LogP contribution in [0.3, 0.4) is 0 Å². The van der Waals surface area contributed by atoms with Gasteiger partial charge in [0.25, 0.3) is 0 Å². The maximum atomic E-state index is 13.1. The molecule has 0 saturated carbocycles. The van der Waals surface area contributed by atoms with Gasteiger partial charge in [0, 0.05) is 11.8 Å². The third-order valence-corrected chi connectivity index (χ3v) is 3.59. The summed E-state index contributed by atoms with van der Waals surface area (Å²) < 4.78 is 15.9. The lowest BCUT2D eigenvalue weighted by atomic mass is 10.1. The van der Waals surface area contributed by atoms with Crippen molar-refractivity contribution < 1.29 is 4.39 Å². The summed E-state index contributed by atoms with van der Waals surface area (Å²) >= 11 is 2.20. The summed E-state index contributed by atoms with van der Waals surface area (Å²) in [5.74, 6) is -0.195. The first-order valence-corrected chi connectivity index (χ1v) is 6.09. The van der Waals surface area contributed by atoms with Gasteiger partial charge in [0.05, 0.1) is 6.54 Å². The summed E-state index contributed by atoms with van der Waals surface area (Å²) in [5, 5.41) is 4.36. The first kappa shape index (κ1) is 11.6. The molecule has 0 bridgehead atoms. The zero-order valence-electron chi connectivity index (χ0n) is 9.17. The van der Waals surface area contributed by atoms with Gasteiger partial charge in [0.2, 0.25) is 0 Å². The van der Waals surface area contributed by atoms with Crippen molar-refractivity contribution in [3.63, 3.8) is 0 Å². The molecule has 84 valence electrons. The van der Waals surface area contributed by atoms with Gasteiger partial charge >= 0.3 is 0 Å². The van der Waals surface area contributed by atoms with Crippen LogP contribution in [0, 0.1) is 23.4 Å². The van der Waals surface area contributed by atoms with Gasteiger partial charge in [-0.2, -0.15) is 5.10 Å². The van der Waals surface area contributed by atoms with Gasteiger partial charge in [-0.1, -0.05) is 6.07 Å². The minimum Gasteiger partial charge on any atom is -0.267 e. The molecule has 0 aliphatic heterocycles. The van der Waals surface area contributed by atoms with Crippen LogP contribution in [0.25, 0.3) is 0 Å². The van der Waals surface area contributed by atoms with Gasteiger partial charge in [-0.05, 0) is 59.7 Å². The molecule has 0 spiro atoms. The predicted octanol–water partition coefficient (Wildman–Crippen LogP) is 3.29. The second-order valence-corrected chi connectivity index (χ2v) is 4.89. The van der Waals surface area contributed by atoms with Crippen LogP contribution in [-0.2, 0) is 6.54 Å². The first-order chi connectivity index (χ1) is 7.56. The molecule has 16 heavy (non-hydrogen) atoms. The summed E-state index contributed by atoms with van der Waals surface area (Å²) in [4.78, 5) is 0. The van der Waals surface area contributed by atoms with E-state index in [4.69, 9.17) is 0 Å². The Bertz CT molecular complexity index is 500. The quantitative estimate of drug-likeness (QED) is 0.773. The maximum Gasteiger partial charge on any atom is 0.126 e. The Balaban J connectivity index is 2.29. The number of rotatable bonds is 2. The lowest BCUT2D eigenvalue weighted by Crippen LogP contribution is -2.02. The lowest BCUT2D eigenvalue weighted by molar-refractivity contribution is 0.617. The Morgan fingerprint density at radius 1 is 1.31 bits per heavy atom. The summed E-state index contributed by atoms with van der Waals surface area (Å²) in [5.41, 5.74) is 3.21. The summed E-state index contributed by atoms with van der Waals surface area (Å²) in [7, 11) is 0. The molecule has 0 atom stereocenters. The molecule has 2 rings (SSSR count). The van der Waals surface area contributed by atoms with Crippen LogP contribution in [0.5, 0.6) is 0 Å². The molecule has 4 heteroatoms. The molecule has 1 heterocycles. The fraction of sp³-hybridized carbons (Fsp3) is 0.250. The molecule has 1 aromatic carbocycles. The molecule has 0 N–H and O–H groups in total. The molecule has 1 aromatic heterocycles. The topological polar surface area (TPSA) is 17.8 Å². The summed E-state index contributed by atoms with van der Waals surface area (Å²) in [6.07, 6.45) is 1.98. The van der Waals surface area contributed by atoms with Gasteiger partial charge in [0.1, 0.15) is 9.52 Å². The number of aryl methyl sites for hydroxylation is 2. The van der Waals surface area contributed by atoms with E-state index >= 15 is 0 Å². The molecule has 0 aliphatic carbocycles. The van der Waals surface area contributed by atoms with E-state index in [9.17, 15) is 4.39 Å². The monoisotopic (exact) mass is 330 g/mol. The molecule has 2 nitrogen and oxygen atoms in total. The minimum absolute atomic E-state index is 0.195. The fourth-order valence-electron chi connectivity index (χ4n) is 1.56. The Labute approximate surface area is 108 Å². The average Bonchev–Trinajstić information content (AvgIpc) is 2.52. The molecule has 2 aromatic rings. The smallest absolute Gasteiger partial charge is 0.126 e. The normalized spacial score (nSPS) is 10.8. The van der Waals surface area contributed by atoms with E-state index in [0.29, 0.717) is 6.54 Å². The van der Waals surface area contributed by atoms with Crippen LogP contribution in [-0.4, -0.2) is 9.78 Å². The SMILES string of the molecule is Cc1ccc(F)cc1Cn1cc(C)c(I)n1. The van der Waals surface area contributed by atoms with Crippen molar-refractivity contribution in [2.24, 2.45) is 0 Å². The highest BCUT2D eigenvalue weighted by atomic mass is 127. The number of halogens is 2. The van der Waals surface area contributed by atoms with E-state index in [1.807, 2.05) is 24.7 Å². The molecule has 0 saturated heterocycles. The average molecular weight is 330 g/mol. The third-order valence-electron chi connectivity index (χ3n) is 2.53. The van der Waals surface area contributed by atoms with Gasteiger partial charge in [0.15, 0.2) is 0 Å². The van der Waals surface area contributed by atoms with E-state index in [2.05, 4.69) is 27.7 Å². The largest absolute Gasteiger partial charge is 0.267 e. The van der Waals surface area contributed by atoms with Crippen molar-refractivity contribution in [1.29, 1.82) is 0 Å². The second-order valence-electron chi connectivity index (χ2n) is 3.87. The molecule has 0 aliphatic rings. The van der Waals surface area contributed by atoms with Crippen LogP contribution >= 0.6 is 22.6 Å². The van der Waals surface area contributed by atoms with Gasteiger partial charge in [-0.25, -0.2) is 4.39 Å². The van der Waals surface area contributed by atoms with Gasteiger partial charge < -0.3 is 0 Å². The van der Waals surface area contributed by atoms with Crippen molar-refractivity contribution in [1.82, 2.24) is 9.78 Å². The molecule has 0 fully saturated rings. The van der Waals surface area contributed by atoms with Crippen molar-refractivity contribution in [2.75, 3.05) is 0 Å². The van der Waals surface area contributed by atoms with E-state index in [-0.39, 0.29) is 5.82 Å². The predicted molar refractivity (Wildman–Crippen MR) is 69.9 cm³/mol. The molecule has 0 radical (unpaired) electrons. The van der Waals surface area contributed by atoms with Crippen molar-refractivity contribution in [3.05, 3.63) is 50.6 Å². The van der Waals surface area contributed by atoms with E-state index in [0.717, 1.165) is 20.4 Å². The van der Waals surface area contributed by atoms with E-state index in [1.165, 1.54) is 6.07 Å². The van der Waals surface area contributed by atoms with E-state index < -0.39 is 0 Å². The van der Waals surface area contributed by atoms with Gasteiger partial charge in [-0.3, -0.25) is 4.68 Å². The molecule has 0 unspecified atom stereocenters. The zero-order chi connectivity index (χ0) is 11.7. The highest BCUT2D eigenvalue weighted by molar-refractivity contribution is 14.1. The van der Waals surface area contributed by atoms with Gasteiger partial charge in [-0.15, -0.1) is 0 Å². The number of hydrogen-bond donors (Lipinski definition) is 0. The number of nitrogens with zero attached hydrogens (tertiary/aromatic N) is 2. The summed E-state index contributed by atoms with van der Waals surface area (Å²) in [6, 6.07) is 4.85. The number of hydrogen-bond acceptors (Lipinski definition) is 1. The molecular weight excluding hydrogens is 318 g/mol.